The van der Waals surface area contributed by atoms with Crippen LogP contribution in [0.15, 0.2) is 91.0 Å². The van der Waals surface area contributed by atoms with Crippen LogP contribution in [0.3, 0.4) is 0 Å². The van der Waals surface area contributed by atoms with Gasteiger partial charge in [-0.15, -0.1) is 0 Å². The molecule has 0 radical (unpaired) electrons. The lowest BCUT2D eigenvalue weighted by Crippen LogP contribution is -2.39. The Labute approximate surface area is 183 Å². The second kappa shape index (κ2) is 11.2. The van der Waals surface area contributed by atoms with Crippen LogP contribution in [0.25, 0.3) is 0 Å². The van der Waals surface area contributed by atoms with Crippen LogP contribution in [0, 0.1) is 0 Å². The Hall–Kier alpha value is -2.54. The molecule has 1 aliphatic heterocycles. The molecule has 1 heterocycles. The van der Waals surface area contributed by atoms with Gasteiger partial charge in [0.25, 0.3) is 0 Å². The van der Waals surface area contributed by atoms with Crippen molar-refractivity contribution in [3.05, 3.63) is 108 Å². The van der Waals surface area contributed by atoms with E-state index < -0.39 is 24.6 Å². The molecule has 1 fully saturated rings. The second-order valence-corrected chi connectivity index (χ2v) is 7.59. The zero-order valence-corrected chi connectivity index (χ0v) is 17.4. The van der Waals surface area contributed by atoms with Crippen LogP contribution in [0.5, 0.6) is 0 Å². The zero-order chi connectivity index (χ0) is 21.3. The van der Waals surface area contributed by atoms with Gasteiger partial charge in [-0.05, 0) is 16.7 Å². The van der Waals surface area contributed by atoms with Crippen LogP contribution < -0.4 is 0 Å². The second-order valence-electron chi connectivity index (χ2n) is 7.59. The van der Waals surface area contributed by atoms with Crippen molar-refractivity contribution in [2.45, 2.75) is 44.4 Å². The molecule has 3 aromatic rings. The van der Waals surface area contributed by atoms with E-state index in [1.807, 2.05) is 91.0 Å². The molecule has 1 unspecified atom stereocenters. The highest BCUT2D eigenvalue weighted by Gasteiger charge is 2.45. The summed E-state index contributed by atoms with van der Waals surface area (Å²) < 4.78 is 23.9. The van der Waals surface area contributed by atoms with E-state index in [4.69, 9.17) is 18.9 Å². The fraction of sp³-hybridized carbons (Fsp3) is 0.308. The van der Waals surface area contributed by atoms with Crippen molar-refractivity contribution in [1.29, 1.82) is 0 Å². The Morgan fingerprint density at radius 2 is 1.06 bits per heavy atom. The molecule has 4 atom stereocenters. The Kier molecular flexibility index (Phi) is 7.82. The highest BCUT2D eigenvalue weighted by molar-refractivity contribution is 5.15. The van der Waals surface area contributed by atoms with Crippen LogP contribution in [-0.4, -0.2) is 36.3 Å². The topological polar surface area (TPSA) is 57.2 Å². The Morgan fingerprint density at radius 3 is 1.58 bits per heavy atom. The van der Waals surface area contributed by atoms with Crippen molar-refractivity contribution in [3.63, 3.8) is 0 Å². The number of benzene rings is 3. The molecule has 31 heavy (non-hydrogen) atoms. The molecule has 0 aliphatic carbocycles. The summed E-state index contributed by atoms with van der Waals surface area (Å²) in [5.74, 6) is 0. The molecule has 3 aromatic carbocycles. The predicted molar refractivity (Wildman–Crippen MR) is 117 cm³/mol. The molecule has 1 N–H and O–H groups in total. The summed E-state index contributed by atoms with van der Waals surface area (Å²) in [5, 5.41) is 10.5. The molecule has 0 spiro atoms. The van der Waals surface area contributed by atoms with E-state index in [-0.39, 0.29) is 0 Å². The fourth-order valence-electron chi connectivity index (χ4n) is 3.62. The van der Waals surface area contributed by atoms with Crippen molar-refractivity contribution >= 4 is 0 Å². The van der Waals surface area contributed by atoms with E-state index in [0.717, 1.165) is 16.7 Å². The lowest BCUT2D eigenvalue weighted by atomic mass is 10.1. The molecular formula is C26H28O5. The molecule has 4 rings (SSSR count). The third-order valence-corrected chi connectivity index (χ3v) is 5.25. The lowest BCUT2D eigenvalue weighted by molar-refractivity contribution is -0.153. The summed E-state index contributed by atoms with van der Waals surface area (Å²) >= 11 is 0. The van der Waals surface area contributed by atoms with E-state index in [2.05, 4.69) is 0 Å². The van der Waals surface area contributed by atoms with Crippen molar-refractivity contribution in [1.82, 2.24) is 0 Å². The van der Waals surface area contributed by atoms with Gasteiger partial charge in [0.15, 0.2) is 6.29 Å². The van der Waals surface area contributed by atoms with Crippen molar-refractivity contribution in [2.75, 3.05) is 6.61 Å². The minimum absolute atomic E-state index is 0.302. The first kappa shape index (κ1) is 21.7. The summed E-state index contributed by atoms with van der Waals surface area (Å²) in [7, 11) is 0. The molecule has 0 bridgehead atoms. The molecule has 5 heteroatoms. The molecule has 0 aromatic heterocycles. The van der Waals surface area contributed by atoms with Gasteiger partial charge in [-0.25, -0.2) is 0 Å². The standard InChI is InChI=1S/C26H28O5/c27-26-25(30-18-22-14-8-3-9-15-22)24(29-17-21-12-6-2-7-13-21)23(31-26)19-28-16-20-10-4-1-5-11-20/h1-15,23-27H,16-19H2/t23-,24?,25+,26+/m1/s1. The monoisotopic (exact) mass is 420 g/mol. The van der Waals surface area contributed by atoms with Crippen molar-refractivity contribution < 1.29 is 24.1 Å². The summed E-state index contributed by atoms with van der Waals surface area (Å²) in [6.45, 7) is 1.55. The number of hydrogen-bond donors (Lipinski definition) is 1. The highest BCUT2D eigenvalue weighted by atomic mass is 16.7. The number of ether oxygens (including phenoxy) is 4. The van der Waals surface area contributed by atoms with Gasteiger partial charge < -0.3 is 24.1 Å². The molecular weight excluding hydrogens is 392 g/mol. The van der Waals surface area contributed by atoms with Crippen LogP contribution in [0.1, 0.15) is 16.7 Å². The van der Waals surface area contributed by atoms with Crippen molar-refractivity contribution in [3.8, 4) is 0 Å². The molecule has 5 nitrogen and oxygen atoms in total. The van der Waals surface area contributed by atoms with E-state index in [1.54, 1.807) is 0 Å². The summed E-state index contributed by atoms with van der Waals surface area (Å²) in [6, 6.07) is 29.8. The Bertz CT molecular complexity index is 887. The van der Waals surface area contributed by atoms with Crippen LogP contribution in [0.4, 0.5) is 0 Å². The van der Waals surface area contributed by atoms with Crippen molar-refractivity contribution in [2.24, 2.45) is 0 Å². The van der Waals surface area contributed by atoms with Gasteiger partial charge >= 0.3 is 0 Å². The maximum Gasteiger partial charge on any atom is 0.184 e. The number of hydrogen-bond acceptors (Lipinski definition) is 5. The third kappa shape index (κ3) is 6.23. The first-order chi connectivity index (χ1) is 15.3. The SMILES string of the molecule is O[C@H]1O[C@H](COCc2ccccc2)C(OCc2ccccc2)[C@@H]1OCc1ccccc1. The van der Waals surface area contributed by atoms with Crippen LogP contribution in [-0.2, 0) is 38.8 Å². The fourth-order valence-corrected chi connectivity index (χ4v) is 3.62. The van der Waals surface area contributed by atoms with E-state index >= 15 is 0 Å². The predicted octanol–water partition coefficient (Wildman–Crippen LogP) is 4.09. The van der Waals surface area contributed by atoms with Gasteiger partial charge in [0.05, 0.1) is 26.4 Å². The summed E-state index contributed by atoms with van der Waals surface area (Å²) in [5.41, 5.74) is 3.16. The first-order valence-corrected chi connectivity index (χ1v) is 10.6. The van der Waals surface area contributed by atoms with Gasteiger partial charge in [-0.2, -0.15) is 0 Å². The highest BCUT2D eigenvalue weighted by Crippen LogP contribution is 2.28. The number of rotatable bonds is 10. The smallest absolute Gasteiger partial charge is 0.184 e. The minimum Gasteiger partial charge on any atom is -0.374 e. The Balaban J connectivity index is 1.39. The van der Waals surface area contributed by atoms with E-state index in [0.29, 0.717) is 26.4 Å². The zero-order valence-electron chi connectivity index (χ0n) is 17.4. The van der Waals surface area contributed by atoms with E-state index in [1.165, 1.54) is 0 Å². The third-order valence-electron chi connectivity index (χ3n) is 5.25. The Morgan fingerprint density at radius 1 is 0.613 bits per heavy atom. The van der Waals surface area contributed by atoms with Gasteiger partial charge in [0, 0.05) is 0 Å². The summed E-state index contributed by atoms with van der Waals surface area (Å²) in [4.78, 5) is 0. The van der Waals surface area contributed by atoms with Gasteiger partial charge in [0.2, 0.25) is 0 Å². The van der Waals surface area contributed by atoms with Crippen LogP contribution >= 0.6 is 0 Å². The molecule has 162 valence electrons. The minimum atomic E-state index is -1.07. The van der Waals surface area contributed by atoms with E-state index in [9.17, 15) is 5.11 Å². The normalized spacial score (nSPS) is 23.1. The molecule has 0 saturated carbocycles. The average molecular weight is 421 g/mol. The van der Waals surface area contributed by atoms with Gasteiger partial charge in [-0.1, -0.05) is 91.0 Å². The maximum atomic E-state index is 10.5. The van der Waals surface area contributed by atoms with Gasteiger partial charge in [-0.3, -0.25) is 0 Å². The van der Waals surface area contributed by atoms with Gasteiger partial charge in [0.1, 0.15) is 18.3 Å². The molecule has 0 amide bonds. The summed E-state index contributed by atoms with van der Waals surface area (Å²) in [6.07, 6.45) is -2.55. The molecule has 1 aliphatic rings. The number of aliphatic hydroxyl groups excluding tert-OH is 1. The average Bonchev–Trinajstić information content (AvgIpc) is 3.12. The largest absolute Gasteiger partial charge is 0.374 e. The quantitative estimate of drug-likeness (QED) is 0.535. The lowest BCUT2D eigenvalue weighted by Gasteiger charge is -2.24. The first-order valence-electron chi connectivity index (χ1n) is 10.6. The maximum absolute atomic E-state index is 10.5. The van der Waals surface area contributed by atoms with Crippen LogP contribution in [0.2, 0.25) is 0 Å². The molecule has 1 saturated heterocycles. The number of aliphatic hydroxyl groups is 1.